The van der Waals surface area contributed by atoms with Crippen molar-refractivity contribution in [3.63, 3.8) is 0 Å². The van der Waals surface area contributed by atoms with E-state index in [9.17, 15) is 4.79 Å². The largest absolute Gasteiger partial charge is 0.380 e. The lowest BCUT2D eigenvalue weighted by Crippen LogP contribution is -2.41. The summed E-state index contributed by atoms with van der Waals surface area (Å²) in [5.74, 6) is 0.126. The van der Waals surface area contributed by atoms with Crippen LogP contribution in [0.2, 0.25) is 5.15 Å². The van der Waals surface area contributed by atoms with Gasteiger partial charge in [-0.25, -0.2) is 4.98 Å². The minimum absolute atomic E-state index is 0.126. The molecule has 80 valence electrons. The molecule has 0 aromatic carbocycles. The van der Waals surface area contributed by atoms with Gasteiger partial charge in [0.2, 0.25) is 5.91 Å². The van der Waals surface area contributed by atoms with Crippen molar-refractivity contribution in [3.05, 3.63) is 23.5 Å². The molecule has 1 aromatic heterocycles. The van der Waals surface area contributed by atoms with E-state index in [-0.39, 0.29) is 11.9 Å². The van der Waals surface area contributed by atoms with Gasteiger partial charge in [0.25, 0.3) is 0 Å². The summed E-state index contributed by atoms with van der Waals surface area (Å²) in [4.78, 5) is 14.8. The number of carbonyl (C=O) groups is 1. The molecule has 1 atom stereocenters. The number of aromatic nitrogens is 1. The second-order valence-electron chi connectivity index (χ2n) is 3.55. The van der Waals surface area contributed by atoms with Crippen LogP contribution in [0, 0.1) is 0 Å². The van der Waals surface area contributed by atoms with Gasteiger partial charge in [-0.2, -0.15) is 0 Å². The van der Waals surface area contributed by atoms with Crippen LogP contribution in [0.15, 0.2) is 18.3 Å². The Labute approximate surface area is 93.0 Å². The topological polar surface area (TPSA) is 54.0 Å². The average Bonchev–Trinajstić information content (AvgIpc) is 2.22. The van der Waals surface area contributed by atoms with Crippen LogP contribution in [0.1, 0.15) is 12.8 Å². The molecule has 1 unspecified atom stereocenters. The molecule has 0 radical (unpaired) electrons. The van der Waals surface area contributed by atoms with E-state index in [1.54, 1.807) is 12.3 Å². The normalized spacial score (nSPS) is 20.9. The molecule has 4 nitrogen and oxygen atoms in total. The first-order valence-electron chi connectivity index (χ1n) is 4.89. The third-order valence-electron chi connectivity index (χ3n) is 2.36. The SMILES string of the molecule is O=C1CCC(Nc2ccnc(Cl)c2)CN1. The Hall–Kier alpha value is -1.29. The van der Waals surface area contributed by atoms with E-state index in [1.807, 2.05) is 6.07 Å². The fourth-order valence-electron chi connectivity index (χ4n) is 1.58. The third kappa shape index (κ3) is 2.83. The predicted octanol–water partition coefficient (Wildman–Crippen LogP) is 1.43. The smallest absolute Gasteiger partial charge is 0.220 e. The number of carbonyl (C=O) groups excluding carboxylic acids is 1. The van der Waals surface area contributed by atoms with E-state index >= 15 is 0 Å². The maximum Gasteiger partial charge on any atom is 0.220 e. The summed E-state index contributed by atoms with van der Waals surface area (Å²) in [6.45, 7) is 0.665. The van der Waals surface area contributed by atoms with Crippen LogP contribution in [0.4, 0.5) is 5.69 Å². The minimum atomic E-state index is 0.126. The van der Waals surface area contributed by atoms with Gasteiger partial charge in [0.15, 0.2) is 0 Å². The number of anilines is 1. The molecule has 1 saturated heterocycles. The highest BCUT2D eigenvalue weighted by Gasteiger charge is 2.17. The van der Waals surface area contributed by atoms with Crippen LogP contribution < -0.4 is 10.6 Å². The molecule has 1 aliphatic rings. The molecule has 1 amide bonds. The molecule has 2 rings (SSSR count). The fraction of sp³-hybridized carbons (Fsp3) is 0.400. The first-order valence-corrected chi connectivity index (χ1v) is 5.26. The van der Waals surface area contributed by atoms with Crippen molar-refractivity contribution < 1.29 is 4.79 Å². The van der Waals surface area contributed by atoms with Crippen molar-refractivity contribution in [1.29, 1.82) is 0 Å². The number of nitrogens with one attached hydrogen (secondary N) is 2. The minimum Gasteiger partial charge on any atom is -0.380 e. The van der Waals surface area contributed by atoms with Gasteiger partial charge in [-0.15, -0.1) is 0 Å². The Morgan fingerprint density at radius 2 is 2.47 bits per heavy atom. The Morgan fingerprint density at radius 1 is 1.60 bits per heavy atom. The first kappa shape index (κ1) is 10.2. The number of rotatable bonds is 2. The summed E-state index contributed by atoms with van der Waals surface area (Å²) in [6.07, 6.45) is 3.09. The molecule has 0 aliphatic carbocycles. The molecule has 2 heterocycles. The second-order valence-corrected chi connectivity index (χ2v) is 3.94. The quantitative estimate of drug-likeness (QED) is 0.749. The molecule has 5 heteroatoms. The highest BCUT2D eigenvalue weighted by molar-refractivity contribution is 6.29. The molecular weight excluding hydrogens is 214 g/mol. The number of hydrogen-bond acceptors (Lipinski definition) is 3. The maximum absolute atomic E-state index is 10.9. The molecule has 15 heavy (non-hydrogen) atoms. The average molecular weight is 226 g/mol. The maximum atomic E-state index is 10.9. The van der Waals surface area contributed by atoms with E-state index in [2.05, 4.69) is 15.6 Å². The van der Waals surface area contributed by atoms with Crippen molar-refractivity contribution in [2.75, 3.05) is 11.9 Å². The zero-order valence-electron chi connectivity index (χ0n) is 8.16. The van der Waals surface area contributed by atoms with E-state index in [1.165, 1.54) is 0 Å². The lowest BCUT2D eigenvalue weighted by atomic mass is 10.1. The summed E-state index contributed by atoms with van der Waals surface area (Å²) in [7, 11) is 0. The Bertz CT molecular complexity index is 359. The first-order chi connectivity index (χ1) is 7.24. The van der Waals surface area contributed by atoms with Gasteiger partial charge in [-0.3, -0.25) is 4.79 Å². The van der Waals surface area contributed by atoms with Crippen molar-refractivity contribution in [1.82, 2.24) is 10.3 Å². The Kier molecular flexibility index (Phi) is 3.06. The molecule has 0 bridgehead atoms. The zero-order valence-corrected chi connectivity index (χ0v) is 8.92. The van der Waals surface area contributed by atoms with Crippen LogP contribution in [-0.2, 0) is 4.79 Å². The summed E-state index contributed by atoms with van der Waals surface area (Å²) in [5, 5.41) is 6.59. The van der Waals surface area contributed by atoms with Crippen molar-refractivity contribution in [2.24, 2.45) is 0 Å². The molecule has 0 spiro atoms. The van der Waals surface area contributed by atoms with Crippen molar-refractivity contribution in [3.8, 4) is 0 Å². The van der Waals surface area contributed by atoms with Gasteiger partial charge in [-0.05, 0) is 18.6 Å². The monoisotopic (exact) mass is 225 g/mol. The number of amides is 1. The number of pyridine rings is 1. The van der Waals surface area contributed by atoms with E-state index in [4.69, 9.17) is 11.6 Å². The third-order valence-corrected chi connectivity index (χ3v) is 2.57. The second kappa shape index (κ2) is 4.49. The lowest BCUT2D eigenvalue weighted by Gasteiger charge is -2.24. The summed E-state index contributed by atoms with van der Waals surface area (Å²) < 4.78 is 0. The van der Waals surface area contributed by atoms with Gasteiger partial charge < -0.3 is 10.6 Å². The summed E-state index contributed by atoms with van der Waals surface area (Å²) >= 11 is 5.76. The number of hydrogen-bond donors (Lipinski definition) is 2. The van der Waals surface area contributed by atoms with Crippen molar-refractivity contribution in [2.45, 2.75) is 18.9 Å². The molecule has 1 aromatic rings. The molecule has 0 saturated carbocycles. The number of piperidine rings is 1. The van der Waals surface area contributed by atoms with Gasteiger partial charge in [0, 0.05) is 30.9 Å². The van der Waals surface area contributed by atoms with Crippen LogP contribution in [0.5, 0.6) is 0 Å². The van der Waals surface area contributed by atoms with E-state index in [0.29, 0.717) is 18.1 Å². The lowest BCUT2D eigenvalue weighted by molar-refractivity contribution is -0.122. The van der Waals surface area contributed by atoms with Gasteiger partial charge in [-0.1, -0.05) is 11.6 Å². The summed E-state index contributed by atoms with van der Waals surface area (Å²) in [5.41, 5.74) is 0.941. The van der Waals surface area contributed by atoms with Crippen LogP contribution in [0.25, 0.3) is 0 Å². The molecule has 2 N–H and O–H groups in total. The van der Waals surface area contributed by atoms with E-state index < -0.39 is 0 Å². The van der Waals surface area contributed by atoms with Crippen molar-refractivity contribution >= 4 is 23.2 Å². The van der Waals surface area contributed by atoms with Gasteiger partial charge >= 0.3 is 0 Å². The highest BCUT2D eigenvalue weighted by atomic mass is 35.5. The van der Waals surface area contributed by atoms with Gasteiger partial charge in [0.05, 0.1) is 0 Å². The number of nitrogens with zero attached hydrogens (tertiary/aromatic N) is 1. The predicted molar refractivity (Wildman–Crippen MR) is 58.9 cm³/mol. The highest BCUT2D eigenvalue weighted by Crippen LogP contribution is 2.15. The standard InChI is InChI=1S/C10H12ClN3O/c11-9-5-7(3-4-12-9)14-8-1-2-10(15)13-6-8/h3-5,8H,1-2,6H2,(H,12,14)(H,13,15). The number of halogens is 1. The molecule has 1 fully saturated rings. The van der Waals surface area contributed by atoms with Gasteiger partial charge in [0.1, 0.15) is 5.15 Å². The van der Waals surface area contributed by atoms with E-state index in [0.717, 1.165) is 12.1 Å². The summed E-state index contributed by atoms with van der Waals surface area (Å²) in [6, 6.07) is 3.92. The zero-order chi connectivity index (χ0) is 10.7. The molecular formula is C10H12ClN3O. The van der Waals surface area contributed by atoms with Crippen LogP contribution in [0.3, 0.4) is 0 Å². The van der Waals surface area contributed by atoms with Crippen LogP contribution >= 0.6 is 11.6 Å². The molecule has 1 aliphatic heterocycles. The fourth-order valence-corrected chi connectivity index (χ4v) is 1.76. The van der Waals surface area contributed by atoms with Crippen LogP contribution in [-0.4, -0.2) is 23.5 Å². The Balaban J connectivity index is 1.94. The Morgan fingerprint density at radius 3 is 3.13 bits per heavy atom.